The Labute approximate surface area is 214 Å². The first-order chi connectivity index (χ1) is 17.2. The monoisotopic (exact) mass is 487 g/mol. The molecule has 0 unspecified atom stereocenters. The normalized spacial score (nSPS) is 13.8. The molecule has 1 aromatic carbocycles. The Hall–Kier alpha value is -3.45. The van der Waals surface area contributed by atoms with Crippen molar-refractivity contribution < 1.29 is 9.53 Å². The van der Waals surface area contributed by atoms with Crippen LogP contribution in [0, 0.1) is 6.92 Å². The standard InChI is InChI=1S/C29H37N5O2/c1-7-28(35)32(6)14-15-36-27-18-30-12-10-25(27)22-8-9-23(21(2)16-22)19-33-13-11-26-24(20-33)17-31-34(26)29(3,4)5/h7-10,12,16-18H,1,11,13-15,19-20H2,2-6H3. The van der Waals surface area contributed by atoms with E-state index in [-0.39, 0.29) is 11.4 Å². The number of rotatable bonds is 8. The Morgan fingerprint density at radius 2 is 2.06 bits per heavy atom. The zero-order chi connectivity index (χ0) is 25.9. The van der Waals surface area contributed by atoms with Crippen LogP contribution in [0.15, 0.2) is 55.5 Å². The maximum Gasteiger partial charge on any atom is 0.245 e. The number of nitrogens with zero attached hydrogens (tertiary/aromatic N) is 5. The summed E-state index contributed by atoms with van der Waals surface area (Å²) >= 11 is 0. The average Bonchev–Trinajstić information content (AvgIpc) is 3.29. The quantitative estimate of drug-likeness (QED) is 0.435. The number of aromatic nitrogens is 3. The molecule has 0 saturated heterocycles. The van der Waals surface area contributed by atoms with Gasteiger partial charge in [0, 0.05) is 56.1 Å². The maximum atomic E-state index is 11.7. The van der Waals surface area contributed by atoms with E-state index >= 15 is 0 Å². The number of benzene rings is 1. The minimum absolute atomic E-state index is 0.0106. The molecule has 0 spiro atoms. The first kappa shape index (κ1) is 25.6. The molecular formula is C29H37N5O2. The van der Waals surface area contributed by atoms with E-state index in [0.717, 1.165) is 37.2 Å². The SMILES string of the molecule is C=CC(=O)N(C)CCOc1cnccc1-c1ccc(CN2CCc3c(cnn3C(C)(C)C)C2)c(C)c1. The predicted molar refractivity (Wildman–Crippen MR) is 143 cm³/mol. The lowest BCUT2D eigenvalue weighted by atomic mass is 9.98. The minimum Gasteiger partial charge on any atom is -0.489 e. The number of ether oxygens (including phenoxy) is 1. The van der Waals surface area contributed by atoms with Gasteiger partial charge in [-0.2, -0.15) is 5.10 Å². The smallest absolute Gasteiger partial charge is 0.245 e. The van der Waals surface area contributed by atoms with Gasteiger partial charge in [0.15, 0.2) is 0 Å². The molecule has 0 bridgehead atoms. The van der Waals surface area contributed by atoms with Gasteiger partial charge in [-0.3, -0.25) is 19.4 Å². The van der Waals surface area contributed by atoms with Crippen molar-refractivity contribution in [2.24, 2.45) is 0 Å². The summed E-state index contributed by atoms with van der Waals surface area (Å²) in [6, 6.07) is 8.57. The second-order valence-electron chi connectivity index (χ2n) is 10.5. The molecule has 4 rings (SSSR count). The van der Waals surface area contributed by atoms with Crippen LogP contribution in [0.25, 0.3) is 11.1 Å². The van der Waals surface area contributed by atoms with Crippen LogP contribution in [-0.2, 0) is 29.8 Å². The summed E-state index contributed by atoms with van der Waals surface area (Å²) < 4.78 is 8.18. The summed E-state index contributed by atoms with van der Waals surface area (Å²) in [6.45, 7) is 16.0. The largest absolute Gasteiger partial charge is 0.489 e. The molecule has 1 aliphatic rings. The predicted octanol–water partition coefficient (Wildman–Crippen LogP) is 4.59. The van der Waals surface area contributed by atoms with Gasteiger partial charge in [-0.25, -0.2) is 0 Å². The number of aryl methyl sites for hydroxylation is 1. The first-order valence-electron chi connectivity index (χ1n) is 12.5. The lowest BCUT2D eigenvalue weighted by molar-refractivity contribution is -0.125. The molecule has 0 atom stereocenters. The highest BCUT2D eigenvalue weighted by Gasteiger charge is 2.25. The number of carbonyl (C=O) groups is 1. The van der Waals surface area contributed by atoms with E-state index in [2.05, 4.69) is 72.1 Å². The fraction of sp³-hybridized carbons (Fsp3) is 0.414. The third-order valence-electron chi connectivity index (χ3n) is 6.72. The molecule has 1 amide bonds. The van der Waals surface area contributed by atoms with Gasteiger partial charge in [-0.15, -0.1) is 0 Å². The summed E-state index contributed by atoms with van der Waals surface area (Å²) in [5.74, 6) is 0.590. The average molecular weight is 488 g/mol. The van der Waals surface area contributed by atoms with E-state index in [1.54, 1.807) is 24.3 Å². The highest BCUT2D eigenvalue weighted by atomic mass is 16.5. The van der Waals surface area contributed by atoms with Gasteiger partial charge in [0.25, 0.3) is 0 Å². The number of amides is 1. The zero-order valence-electron chi connectivity index (χ0n) is 22.1. The Bertz CT molecular complexity index is 1240. The van der Waals surface area contributed by atoms with Crippen molar-refractivity contribution in [1.82, 2.24) is 24.6 Å². The fourth-order valence-electron chi connectivity index (χ4n) is 4.68. The van der Waals surface area contributed by atoms with E-state index in [0.29, 0.717) is 18.9 Å². The fourth-order valence-corrected chi connectivity index (χ4v) is 4.68. The molecule has 3 aromatic rings. The van der Waals surface area contributed by atoms with Crippen molar-refractivity contribution in [2.75, 3.05) is 26.7 Å². The van der Waals surface area contributed by atoms with Gasteiger partial charge in [0.05, 0.1) is 24.5 Å². The van der Waals surface area contributed by atoms with Crippen molar-refractivity contribution >= 4 is 5.91 Å². The summed E-state index contributed by atoms with van der Waals surface area (Å²) in [5.41, 5.74) is 7.39. The van der Waals surface area contributed by atoms with Gasteiger partial charge in [0.1, 0.15) is 12.4 Å². The van der Waals surface area contributed by atoms with Crippen molar-refractivity contribution in [3.63, 3.8) is 0 Å². The van der Waals surface area contributed by atoms with Crippen LogP contribution < -0.4 is 4.74 Å². The van der Waals surface area contributed by atoms with Crippen LogP contribution >= 0.6 is 0 Å². The van der Waals surface area contributed by atoms with E-state index in [1.807, 2.05) is 12.3 Å². The Kier molecular flexibility index (Phi) is 7.59. The Morgan fingerprint density at radius 1 is 1.25 bits per heavy atom. The molecule has 1 aliphatic heterocycles. The number of hydrogen-bond acceptors (Lipinski definition) is 5. The zero-order valence-corrected chi connectivity index (χ0v) is 22.1. The van der Waals surface area contributed by atoms with Crippen LogP contribution in [0.1, 0.15) is 43.2 Å². The third kappa shape index (κ3) is 5.68. The molecule has 190 valence electrons. The lowest BCUT2D eigenvalue weighted by Gasteiger charge is -2.30. The van der Waals surface area contributed by atoms with Crippen LogP contribution in [0.5, 0.6) is 5.75 Å². The lowest BCUT2D eigenvalue weighted by Crippen LogP contribution is -2.33. The first-order valence-corrected chi connectivity index (χ1v) is 12.5. The summed E-state index contributed by atoms with van der Waals surface area (Å²) in [7, 11) is 1.74. The molecule has 36 heavy (non-hydrogen) atoms. The maximum absolute atomic E-state index is 11.7. The van der Waals surface area contributed by atoms with Crippen LogP contribution in [-0.4, -0.2) is 57.2 Å². The molecule has 0 aliphatic carbocycles. The van der Waals surface area contributed by atoms with E-state index in [9.17, 15) is 4.79 Å². The van der Waals surface area contributed by atoms with Crippen molar-refractivity contribution in [1.29, 1.82) is 0 Å². The molecule has 0 saturated carbocycles. The number of pyridine rings is 1. The van der Waals surface area contributed by atoms with E-state index < -0.39 is 0 Å². The molecule has 3 heterocycles. The number of carbonyl (C=O) groups excluding carboxylic acids is 1. The molecule has 0 fully saturated rings. The van der Waals surface area contributed by atoms with Crippen LogP contribution in [0.4, 0.5) is 0 Å². The number of hydrogen-bond donors (Lipinski definition) is 0. The molecular weight excluding hydrogens is 450 g/mol. The number of likely N-dealkylation sites (N-methyl/N-ethyl adjacent to an activating group) is 1. The van der Waals surface area contributed by atoms with Gasteiger partial charge in [0.2, 0.25) is 5.91 Å². The van der Waals surface area contributed by atoms with Gasteiger partial charge in [-0.1, -0.05) is 24.8 Å². The third-order valence-corrected chi connectivity index (χ3v) is 6.72. The van der Waals surface area contributed by atoms with Crippen molar-refractivity contribution in [3.05, 3.63) is 77.9 Å². The van der Waals surface area contributed by atoms with Crippen LogP contribution in [0.2, 0.25) is 0 Å². The summed E-state index contributed by atoms with van der Waals surface area (Å²) in [6.07, 6.45) is 7.88. The highest BCUT2D eigenvalue weighted by molar-refractivity contribution is 5.86. The molecule has 7 nitrogen and oxygen atoms in total. The summed E-state index contributed by atoms with van der Waals surface area (Å²) in [4.78, 5) is 20.0. The minimum atomic E-state index is -0.121. The molecule has 7 heteroatoms. The Morgan fingerprint density at radius 3 is 2.78 bits per heavy atom. The molecule has 0 N–H and O–H groups in total. The second kappa shape index (κ2) is 10.7. The van der Waals surface area contributed by atoms with Gasteiger partial charge >= 0.3 is 0 Å². The molecule has 2 aromatic heterocycles. The summed E-state index contributed by atoms with van der Waals surface area (Å²) in [5, 5.41) is 4.67. The van der Waals surface area contributed by atoms with Gasteiger partial charge < -0.3 is 9.64 Å². The number of fused-ring (bicyclic) bond motifs is 1. The molecule has 0 radical (unpaired) electrons. The second-order valence-corrected chi connectivity index (χ2v) is 10.5. The topological polar surface area (TPSA) is 63.5 Å². The highest BCUT2D eigenvalue weighted by Crippen LogP contribution is 2.31. The van der Waals surface area contributed by atoms with Gasteiger partial charge in [-0.05, 0) is 56.5 Å². The van der Waals surface area contributed by atoms with Crippen molar-refractivity contribution in [3.8, 4) is 16.9 Å². The van der Waals surface area contributed by atoms with Crippen molar-refractivity contribution in [2.45, 2.75) is 52.7 Å². The van der Waals surface area contributed by atoms with E-state index in [4.69, 9.17) is 4.74 Å². The van der Waals surface area contributed by atoms with E-state index in [1.165, 1.54) is 28.5 Å². The Balaban J connectivity index is 1.44. The van der Waals surface area contributed by atoms with Crippen LogP contribution in [0.3, 0.4) is 0 Å².